The zero-order valence-corrected chi connectivity index (χ0v) is 11.3. The van der Waals surface area contributed by atoms with Crippen LogP contribution in [-0.4, -0.2) is 48.1 Å². The molecule has 0 saturated carbocycles. The Kier molecular flexibility index (Phi) is 6.54. The van der Waals surface area contributed by atoms with E-state index in [1.165, 1.54) is 12.1 Å². The van der Waals surface area contributed by atoms with Crippen LogP contribution < -0.4 is 11.1 Å². The Balaban J connectivity index is 2.74. The standard InChI is InChI=1S/C13H17F2N3O3/c14-11(15)8-18(5-6-19)12(20)10-3-1-9(2-4-10)7-17-13(16)21/h1-4,11,19H,5-8H2,(H3,16,17,21). The van der Waals surface area contributed by atoms with Gasteiger partial charge in [-0.3, -0.25) is 4.79 Å². The molecule has 0 aliphatic heterocycles. The van der Waals surface area contributed by atoms with Crippen molar-refractivity contribution in [1.29, 1.82) is 0 Å². The predicted octanol–water partition coefficient (Wildman–Crippen LogP) is 0.554. The van der Waals surface area contributed by atoms with Crippen LogP contribution in [0.4, 0.5) is 13.6 Å². The second-order valence-corrected chi connectivity index (χ2v) is 4.28. The normalized spacial score (nSPS) is 10.5. The summed E-state index contributed by atoms with van der Waals surface area (Å²) in [5.74, 6) is -0.584. The fourth-order valence-corrected chi connectivity index (χ4v) is 1.70. The van der Waals surface area contributed by atoms with Crippen LogP contribution >= 0.6 is 0 Å². The maximum atomic E-state index is 12.4. The van der Waals surface area contributed by atoms with Gasteiger partial charge in [0, 0.05) is 18.7 Å². The fourth-order valence-electron chi connectivity index (χ4n) is 1.70. The minimum atomic E-state index is -2.67. The number of carbonyl (C=O) groups is 2. The Morgan fingerprint density at radius 3 is 2.38 bits per heavy atom. The molecule has 1 aromatic rings. The number of hydrogen-bond donors (Lipinski definition) is 3. The second-order valence-electron chi connectivity index (χ2n) is 4.28. The molecule has 0 spiro atoms. The first-order chi connectivity index (χ1) is 9.93. The second kappa shape index (κ2) is 8.15. The summed E-state index contributed by atoms with van der Waals surface area (Å²) < 4.78 is 24.8. The lowest BCUT2D eigenvalue weighted by molar-refractivity contribution is 0.0509. The molecule has 0 unspecified atom stereocenters. The van der Waals surface area contributed by atoms with Crippen molar-refractivity contribution in [3.63, 3.8) is 0 Å². The van der Waals surface area contributed by atoms with E-state index in [4.69, 9.17) is 10.8 Å². The minimum absolute atomic E-state index is 0.159. The van der Waals surface area contributed by atoms with Gasteiger partial charge in [-0.2, -0.15) is 0 Å². The molecule has 0 aliphatic carbocycles. The largest absolute Gasteiger partial charge is 0.395 e. The van der Waals surface area contributed by atoms with Crippen molar-refractivity contribution in [2.45, 2.75) is 13.0 Å². The van der Waals surface area contributed by atoms with Crippen LogP contribution in [0.25, 0.3) is 0 Å². The molecule has 3 amide bonds. The van der Waals surface area contributed by atoms with Crippen LogP contribution in [0.2, 0.25) is 0 Å². The Hall–Kier alpha value is -2.22. The number of alkyl halides is 2. The van der Waals surface area contributed by atoms with E-state index in [-0.39, 0.29) is 25.3 Å². The molecule has 0 radical (unpaired) electrons. The highest BCUT2D eigenvalue weighted by Gasteiger charge is 2.19. The molecular weight excluding hydrogens is 284 g/mol. The number of aliphatic hydroxyl groups is 1. The number of benzene rings is 1. The molecule has 21 heavy (non-hydrogen) atoms. The third-order valence-electron chi connectivity index (χ3n) is 2.68. The molecule has 116 valence electrons. The van der Waals surface area contributed by atoms with Gasteiger partial charge in [0.15, 0.2) is 0 Å². The van der Waals surface area contributed by atoms with E-state index in [2.05, 4.69) is 5.32 Å². The zero-order chi connectivity index (χ0) is 15.8. The van der Waals surface area contributed by atoms with Crippen LogP contribution in [0.5, 0.6) is 0 Å². The summed E-state index contributed by atoms with van der Waals surface area (Å²) >= 11 is 0. The van der Waals surface area contributed by atoms with Crippen molar-refractivity contribution in [1.82, 2.24) is 10.2 Å². The van der Waals surface area contributed by atoms with Gasteiger partial charge in [0.2, 0.25) is 0 Å². The Morgan fingerprint density at radius 2 is 1.90 bits per heavy atom. The number of urea groups is 1. The third-order valence-corrected chi connectivity index (χ3v) is 2.68. The number of primary amides is 1. The lowest BCUT2D eigenvalue weighted by Crippen LogP contribution is -2.37. The van der Waals surface area contributed by atoms with Gasteiger partial charge in [0.05, 0.1) is 13.2 Å². The number of nitrogens with two attached hydrogens (primary N) is 1. The maximum absolute atomic E-state index is 12.4. The van der Waals surface area contributed by atoms with Crippen LogP contribution in [0.3, 0.4) is 0 Å². The summed E-state index contributed by atoms with van der Waals surface area (Å²) in [4.78, 5) is 23.5. The third kappa shape index (κ3) is 5.74. The number of hydrogen-bond acceptors (Lipinski definition) is 3. The number of nitrogens with zero attached hydrogens (tertiary/aromatic N) is 1. The van der Waals surface area contributed by atoms with E-state index >= 15 is 0 Å². The number of rotatable bonds is 7. The first-order valence-electron chi connectivity index (χ1n) is 6.24. The smallest absolute Gasteiger partial charge is 0.312 e. The van der Waals surface area contributed by atoms with E-state index < -0.39 is 24.9 Å². The Morgan fingerprint density at radius 1 is 1.29 bits per heavy atom. The van der Waals surface area contributed by atoms with Gasteiger partial charge < -0.3 is 21.1 Å². The van der Waals surface area contributed by atoms with Gasteiger partial charge in [0.25, 0.3) is 12.3 Å². The minimum Gasteiger partial charge on any atom is -0.395 e. The van der Waals surface area contributed by atoms with Crippen molar-refractivity contribution in [3.8, 4) is 0 Å². The summed E-state index contributed by atoms with van der Waals surface area (Å²) in [6.07, 6.45) is -2.67. The fraction of sp³-hybridized carbons (Fsp3) is 0.385. The summed E-state index contributed by atoms with van der Waals surface area (Å²) in [6.45, 7) is -1.07. The van der Waals surface area contributed by atoms with Gasteiger partial charge in [-0.25, -0.2) is 13.6 Å². The van der Waals surface area contributed by atoms with Crippen LogP contribution in [0.15, 0.2) is 24.3 Å². The van der Waals surface area contributed by atoms with Crippen molar-refractivity contribution >= 4 is 11.9 Å². The molecule has 0 heterocycles. The van der Waals surface area contributed by atoms with Crippen LogP contribution in [-0.2, 0) is 6.54 Å². The quantitative estimate of drug-likeness (QED) is 0.686. The molecule has 0 aliphatic rings. The summed E-state index contributed by atoms with van der Waals surface area (Å²) in [7, 11) is 0. The maximum Gasteiger partial charge on any atom is 0.312 e. The topological polar surface area (TPSA) is 95.7 Å². The first kappa shape index (κ1) is 16.8. The summed E-state index contributed by atoms with van der Waals surface area (Å²) in [5, 5.41) is 11.2. The molecular formula is C13H17F2N3O3. The molecule has 8 heteroatoms. The van der Waals surface area contributed by atoms with Crippen molar-refractivity contribution in [3.05, 3.63) is 35.4 Å². The summed E-state index contributed by atoms with van der Waals surface area (Å²) in [6, 6.07) is 5.44. The predicted molar refractivity (Wildman–Crippen MR) is 71.9 cm³/mol. The van der Waals surface area contributed by atoms with Crippen molar-refractivity contribution in [2.24, 2.45) is 5.73 Å². The highest BCUT2D eigenvalue weighted by atomic mass is 19.3. The molecule has 6 nitrogen and oxygen atoms in total. The van der Waals surface area contributed by atoms with Gasteiger partial charge >= 0.3 is 6.03 Å². The highest BCUT2D eigenvalue weighted by molar-refractivity contribution is 5.94. The highest BCUT2D eigenvalue weighted by Crippen LogP contribution is 2.09. The lowest BCUT2D eigenvalue weighted by Gasteiger charge is -2.21. The van der Waals surface area contributed by atoms with E-state index in [0.29, 0.717) is 5.56 Å². The molecule has 1 rings (SSSR count). The molecule has 0 saturated heterocycles. The van der Waals surface area contributed by atoms with Crippen LogP contribution in [0, 0.1) is 0 Å². The van der Waals surface area contributed by atoms with E-state index in [9.17, 15) is 18.4 Å². The van der Waals surface area contributed by atoms with E-state index in [1.54, 1.807) is 12.1 Å². The molecule has 4 N–H and O–H groups in total. The Bertz CT molecular complexity index is 480. The zero-order valence-electron chi connectivity index (χ0n) is 11.3. The summed E-state index contributed by atoms with van der Waals surface area (Å²) in [5.41, 5.74) is 5.88. The number of amides is 3. The molecule has 0 fully saturated rings. The lowest BCUT2D eigenvalue weighted by atomic mass is 10.1. The van der Waals surface area contributed by atoms with Gasteiger partial charge in [0.1, 0.15) is 0 Å². The van der Waals surface area contributed by atoms with E-state index in [0.717, 1.165) is 4.90 Å². The van der Waals surface area contributed by atoms with Crippen molar-refractivity contribution < 1.29 is 23.5 Å². The van der Waals surface area contributed by atoms with Crippen molar-refractivity contribution in [2.75, 3.05) is 19.7 Å². The number of aliphatic hydroxyl groups excluding tert-OH is 1. The van der Waals surface area contributed by atoms with E-state index in [1.807, 2.05) is 0 Å². The average Bonchev–Trinajstić information content (AvgIpc) is 2.44. The molecule has 1 aromatic carbocycles. The van der Waals surface area contributed by atoms with Gasteiger partial charge in [-0.1, -0.05) is 12.1 Å². The monoisotopic (exact) mass is 301 g/mol. The molecule has 0 bridgehead atoms. The molecule has 0 atom stereocenters. The van der Waals surface area contributed by atoms with Gasteiger partial charge in [-0.05, 0) is 17.7 Å². The Labute approximate surface area is 120 Å². The average molecular weight is 301 g/mol. The molecule has 0 aromatic heterocycles. The first-order valence-corrected chi connectivity index (χ1v) is 6.24. The van der Waals surface area contributed by atoms with Gasteiger partial charge in [-0.15, -0.1) is 0 Å². The van der Waals surface area contributed by atoms with Crippen LogP contribution in [0.1, 0.15) is 15.9 Å². The SMILES string of the molecule is NC(=O)NCc1ccc(C(=O)N(CCO)CC(F)F)cc1. The number of carbonyl (C=O) groups excluding carboxylic acids is 2. The number of halogens is 2. The number of nitrogens with one attached hydrogen (secondary N) is 1.